The summed E-state index contributed by atoms with van der Waals surface area (Å²) in [5.74, 6) is 1.24. The third-order valence-corrected chi connectivity index (χ3v) is 5.41. The molecule has 0 N–H and O–H groups in total. The van der Waals surface area contributed by atoms with Crippen LogP contribution in [-0.2, 0) is 18.0 Å². The van der Waals surface area contributed by atoms with Gasteiger partial charge in [0.25, 0.3) is 0 Å². The van der Waals surface area contributed by atoms with Crippen LogP contribution in [0.15, 0.2) is 34.3 Å². The second-order valence-corrected chi connectivity index (χ2v) is 7.90. The molecule has 4 rings (SSSR count). The second kappa shape index (κ2) is 7.54. The summed E-state index contributed by atoms with van der Waals surface area (Å²) in [6.07, 6.45) is 10.4. The average molecular weight is 435 g/mol. The van der Waals surface area contributed by atoms with Crippen LogP contribution in [0.4, 0.5) is 0 Å². The predicted molar refractivity (Wildman–Crippen MR) is 104 cm³/mol. The fraction of sp³-hybridized carbons (Fsp3) is 0.389. The molecule has 1 aliphatic rings. The molecule has 0 amide bonds. The van der Waals surface area contributed by atoms with Crippen LogP contribution in [0.2, 0.25) is 0 Å². The van der Waals surface area contributed by atoms with Gasteiger partial charge in [-0.2, -0.15) is 4.98 Å². The van der Waals surface area contributed by atoms with E-state index in [1.54, 1.807) is 13.3 Å². The first-order chi connectivity index (χ1) is 12.7. The first kappa shape index (κ1) is 17.8. The third kappa shape index (κ3) is 3.72. The minimum absolute atomic E-state index is 0.342. The quantitative estimate of drug-likeness (QED) is 0.409. The highest BCUT2D eigenvalue weighted by molar-refractivity contribution is 9.10. The van der Waals surface area contributed by atoms with Crippen molar-refractivity contribution in [3.8, 4) is 5.88 Å². The van der Waals surface area contributed by atoms with E-state index in [1.807, 2.05) is 12.5 Å². The van der Waals surface area contributed by atoms with Gasteiger partial charge in [0.1, 0.15) is 6.61 Å². The number of hydrogen-bond acceptors (Lipinski definition) is 6. The Balaban J connectivity index is 1.57. The zero-order valence-corrected chi connectivity index (χ0v) is 17.0. The van der Waals surface area contributed by atoms with Gasteiger partial charge < -0.3 is 13.9 Å². The van der Waals surface area contributed by atoms with Gasteiger partial charge in [-0.3, -0.25) is 0 Å². The molecule has 8 heteroatoms. The Kier molecular flexibility index (Phi) is 5.15. The van der Waals surface area contributed by atoms with Gasteiger partial charge in [-0.25, -0.2) is 9.97 Å². The average Bonchev–Trinajstić information content (AvgIpc) is 3.41. The largest absolute Gasteiger partial charge is 0.471 e. The van der Waals surface area contributed by atoms with E-state index in [1.165, 1.54) is 30.2 Å². The molecular formula is C18H19BrN4O2S. The van der Waals surface area contributed by atoms with Crippen molar-refractivity contribution < 1.29 is 9.47 Å². The molecule has 1 fully saturated rings. The molecule has 1 saturated carbocycles. The molecule has 3 aromatic heterocycles. The molecule has 0 aromatic carbocycles. The normalized spacial score (nSPS) is 14.1. The standard InChI is InChI=1S/C18H19BrN4O2S/c1-24-9-13-6-20-18(26-2)22-17(13)25-10-14-8-23-7-12(11-3-4-11)5-15(19)16(23)21-14/h5-8,11H,3-4,9-10H2,1-2H3. The summed E-state index contributed by atoms with van der Waals surface area (Å²) in [5, 5.41) is 0.673. The van der Waals surface area contributed by atoms with Gasteiger partial charge in [0, 0.05) is 25.7 Å². The van der Waals surface area contributed by atoms with Gasteiger partial charge >= 0.3 is 0 Å². The fourth-order valence-corrected chi connectivity index (χ4v) is 3.72. The van der Waals surface area contributed by atoms with Gasteiger partial charge in [-0.1, -0.05) is 11.8 Å². The maximum absolute atomic E-state index is 5.94. The number of aromatic nitrogens is 4. The first-order valence-electron chi connectivity index (χ1n) is 8.36. The van der Waals surface area contributed by atoms with Crippen molar-refractivity contribution in [3.05, 3.63) is 46.0 Å². The molecule has 6 nitrogen and oxygen atoms in total. The second-order valence-electron chi connectivity index (χ2n) is 6.27. The monoisotopic (exact) mass is 434 g/mol. The molecule has 0 spiro atoms. The number of methoxy groups -OCH3 is 1. The van der Waals surface area contributed by atoms with E-state index in [0.717, 1.165) is 21.4 Å². The molecular weight excluding hydrogens is 416 g/mol. The summed E-state index contributed by atoms with van der Waals surface area (Å²) in [6, 6.07) is 2.18. The van der Waals surface area contributed by atoms with Crippen LogP contribution in [0.5, 0.6) is 5.88 Å². The number of rotatable bonds is 7. The van der Waals surface area contributed by atoms with E-state index >= 15 is 0 Å². The Morgan fingerprint density at radius 1 is 1.27 bits per heavy atom. The summed E-state index contributed by atoms with van der Waals surface area (Å²) in [6.45, 7) is 0.750. The van der Waals surface area contributed by atoms with Crippen LogP contribution >= 0.6 is 27.7 Å². The van der Waals surface area contributed by atoms with E-state index in [9.17, 15) is 0 Å². The molecule has 136 valence electrons. The lowest BCUT2D eigenvalue weighted by atomic mass is 10.2. The Hall–Kier alpha value is -1.64. The minimum atomic E-state index is 0.342. The number of hydrogen-bond donors (Lipinski definition) is 0. The molecule has 0 bridgehead atoms. The van der Waals surface area contributed by atoms with E-state index in [4.69, 9.17) is 9.47 Å². The third-order valence-electron chi connectivity index (χ3n) is 4.27. The highest BCUT2D eigenvalue weighted by atomic mass is 79.9. The Labute approximate surface area is 164 Å². The first-order valence-corrected chi connectivity index (χ1v) is 10.4. The van der Waals surface area contributed by atoms with E-state index < -0.39 is 0 Å². The van der Waals surface area contributed by atoms with Crippen molar-refractivity contribution in [2.45, 2.75) is 37.1 Å². The number of imidazole rings is 1. The predicted octanol–water partition coefficient (Wildman–Crippen LogP) is 4.21. The Bertz CT molecular complexity index is 942. The zero-order valence-electron chi connectivity index (χ0n) is 14.6. The Morgan fingerprint density at radius 2 is 2.12 bits per heavy atom. The number of halogens is 1. The molecule has 0 saturated heterocycles. The van der Waals surface area contributed by atoms with Crippen LogP contribution in [0.1, 0.15) is 35.6 Å². The SMILES string of the molecule is COCc1cnc(SC)nc1OCc1cn2cc(C3CC3)cc(Br)c2n1. The van der Waals surface area contributed by atoms with E-state index in [0.29, 0.717) is 30.2 Å². The van der Waals surface area contributed by atoms with Crippen molar-refractivity contribution in [1.82, 2.24) is 19.4 Å². The maximum Gasteiger partial charge on any atom is 0.223 e. The highest BCUT2D eigenvalue weighted by Gasteiger charge is 2.24. The zero-order chi connectivity index (χ0) is 18.1. The molecule has 0 aliphatic heterocycles. The number of fused-ring (bicyclic) bond motifs is 1. The van der Waals surface area contributed by atoms with Gasteiger partial charge in [-0.15, -0.1) is 0 Å². The molecule has 0 atom stereocenters. The van der Waals surface area contributed by atoms with Crippen molar-refractivity contribution in [2.24, 2.45) is 0 Å². The summed E-state index contributed by atoms with van der Waals surface area (Å²) in [4.78, 5) is 13.4. The van der Waals surface area contributed by atoms with E-state index in [2.05, 4.69) is 47.5 Å². The van der Waals surface area contributed by atoms with Gasteiger partial charge in [0.15, 0.2) is 10.8 Å². The summed E-state index contributed by atoms with van der Waals surface area (Å²) < 4.78 is 14.2. The lowest BCUT2D eigenvalue weighted by Crippen LogP contribution is -2.04. The van der Waals surface area contributed by atoms with Crippen LogP contribution in [0.3, 0.4) is 0 Å². The van der Waals surface area contributed by atoms with Crippen molar-refractivity contribution in [3.63, 3.8) is 0 Å². The Morgan fingerprint density at radius 3 is 2.85 bits per heavy atom. The molecule has 0 radical (unpaired) electrons. The topological polar surface area (TPSA) is 61.5 Å². The minimum Gasteiger partial charge on any atom is -0.471 e. The van der Waals surface area contributed by atoms with Gasteiger partial charge in [0.05, 0.1) is 22.3 Å². The van der Waals surface area contributed by atoms with Crippen molar-refractivity contribution in [1.29, 1.82) is 0 Å². The van der Waals surface area contributed by atoms with Gasteiger partial charge in [-0.05, 0) is 52.6 Å². The number of ether oxygens (including phenoxy) is 2. The van der Waals surface area contributed by atoms with Gasteiger partial charge in [0.2, 0.25) is 5.88 Å². The lowest BCUT2D eigenvalue weighted by molar-refractivity contribution is 0.176. The van der Waals surface area contributed by atoms with Crippen molar-refractivity contribution in [2.75, 3.05) is 13.4 Å². The summed E-state index contributed by atoms with van der Waals surface area (Å²) >= 11 is 5.12. The smallest absolute Gasteiger partial charge is 0.223 e. The molecule has 0 unspecified atom stereocenters. The van der Waals surface area contributed by atoms with Crippen LogP contribution in [0.25, 0.3) is 5.65 Å². The summed E-state index contributed by atoms with van der Waals surface area (Å²) in [5.41, 5.74) is 3.94. The maximum atomic E-state index is 5.94. The number of nitrogens with zero attached hydrogens (tertiary/aromatic N) is 4. The van der Waals surface area contributed by atoms with Crippen molar-refractivity contribution >= 4 is 33.3 Å². The number of pyridine rings is 1. The lowest BCUT2D eigenvalue weighted by Gasteiger charge is -2.09. The van der Waals surface area contributed by atoms with Crippen LogP contribution in [-0.4, -0.2) is 32.7 Å². The highest BCUT2D eigenvalue weighted by Crippen LogP contribution is 2.41. The van der Waals surface area contributed by atoms with Crippen LogP contribution < -0.4 is 4.74 Å². The van der Waals surface area contributed by atoms with E-state index in [-0.39, 0.29) is 0 Å². The molecule has 3 aromatic rings. The molecule has 1 aliphatic carbocycles. The number of thioether (sulfide) groups is 1. The molecule has 3 heterocycles. The molecule has 26 heavy (non-hydrogen) atoms. The fourth-order valence-electron chi connectivity index (χ4n) is 2.83. The summed E-state index contributed by atoms with van der Waals surface area (Å²) in [7, 11) is 1.64. The van der Waals surface area contributed by atoms with Crippen LogP contribution in [0, 0.1) is 0 Å².